The molecule has 4 nitrogen and oxygen atoms in total. The number of carbonyl (C=O) groups is 1. The maximum absolute atomic E-state index is 13.1. The highest BCUT2D eigenvalue weighted by atomic mass is 35.5. The average Bonchev–Trinajstić information content (AvgIpc) is 3.16. The third-order valence-corrected chi connectivity index (χ3v) is 6.22. The Kier molecular flexibility index (Phi) is 5.06. The molecule has 128 valence electrons. The fourth-order valence-corrected chi connectivity index (χ4v) is 4.44. The Labute approximate surface area is 151 Å². The summed E-state index contributed by atoms with van der Waals surface area (Å²) in [5, 5.41) is -0.526. The summed E-state index contributed by atoms with van der Waals surface area (Å²) in [6.07, 6.45) is 1.17. The van der Waals surface area contributed by atoms with Crippen molar-refractivity contribution in [3.63, 3.8) is 0 Å². The molecule has 0 aliphatic carbocycles. The van der Waals surface area contributed by atoms with Crippen LogP contribution in [0, 0.1) is 0 Å². The number of hydrogen-bond acceptors (Lipinski definition) is 4. The van der Waals surface area contributed by atoms with Gasteiger partial charge < -0.3 is 4.42 Å². The molecule has 0 radical (unpaired) electrons. The molecule has 0 bridgehead atoms. The molecule has 1 unspecified atom stereocenters. The second-order valence-electron chi connectivity index (χ2n) is 5.50. The van der Waals surface area contributed by atoms with Crippen LogP contribution in [0.15, 0.2) is 82.3 Å². The zero-order valence-electron chi connectivity index (χ0n) is 13.1. The molecule has 3 aromatic rings. The summed E-state index contributed by atoms with van der Waals surface area (Å²) in [5.74, 6) is -0.230. The second kappa shape index (κ2) is 7.25. The third-order valence-electron chi connectivity index (χ3n) is 3.85. The van der Waals surface area contributed by atoms with Crippen LogP contribution in [-0.4, -0.2) is 14.2 Å². The summed E-state index contributed by atoms with van der Waals surface area (Å²) in [6.45, 7) is 0. The van der Waals surface area contributed by atoms with Crippen molar-refractivity contribution in [1.82, 2.24) is 0 Å². The van der Waals surface area contributed by atoms with Crippen LogP contribution in [0.25, 0.3) is 0 Å². The van der Waals surface area contributed by atoms with Crippen molar-refractivity contribution in [3.05, 3.63) is 89.3 Å². The van der Waals surface area contributed by atoms with Crippen LogP contribution in [0.2, 0.25) is 5.02 Å². The summed E-state index contributed by atoms with van der Waals surface area (Å²) in [4.78, 5) is 12.6. The summed E-state index contributed by atoms with van der Waals surface area (Å²) < 4.78 is 31.3. The smallest absolute Gasteiger partial charge is 0.199 e. The van der Waals surface area contributed by atoms with Crippen LogP contribution < -0.4 is 0 Å². The number of sulfone groups is 1. The summed E-state index contributed by atoms with van der Waals surface area (Å²) in [5.41, 5.74) is 0.508. The van der Waals surface area contributed by atoms with Crippen molar-refractivity contribution >= 4 is 27.2 Å². The molecule has 2 aromatic carbocycles. The standard InChI is InChI=1S/C19H15ClO4S/c20-15-10-8-14(9-11-15)19(13-17(21)18-7-4-12-24-18)25(22,23)16-5-2-1-3-6-16/h1-12,19H,13H2. The van der Waals surface area contributed by atoms with Crippen LogP contribution in [0.4, 0.5) is 0 Å². The van der Waals surface area contributed by atoms with Crippen LogP contribution >= 0.6 is 11.6 Å². The van der Waals surface area contributed by atoms with E-state index < -0.39 is 15.1 Å². The lowest BCUT2D eigenvalue weighted by molar-refractivity contribution is 0.0954. The molecule has 0 saturated heterocycles. The lowest BCUT2D eigenvalue weighted by Gasteiger charge is -2.17. The highest BCUT2D eigenvalue weighted by Gasteiger charge is 2.32. The van der Waals surface area contributed by atoms with Gasteiger partial charge in [0.05, 0.1) is 16.4 Å². The Balaban J connectivity index is 2.03. The minimum absolute atomic E-state index is 0.141. The van der Waals surface area contributed by atoms with E-state index in [-0.39, 0.29) is 22.9 Å². The highest BCUT2D eigenvalue weighted by Crippen LogP contribution is 2.33. The minimum atomic E-state index is -3.76. The molecule has 0 fully saturated rings. The van der Waals surface area contributed by atoms with Gasteiger partial charge in [-0.15, -0.1) is 0 Å². The van der Waals surface area contributed by atoms with Crippen LogP contribution in [0.1, 0.15) is 27.8 Å². The lowest BCUT2D eigenvalue weighted by Crippen LogP contribution is -2.17. The molecule has 3 rings (SSSR count). The molecule has 25 heavy (non-hydrogen) atoms. The Morgan fingerprint density at radius 2 is 1.64 bits per heavy atom. The molecule has 1 atom stereocenters. The van der Waals surface area contributed by atoms with E-state index in [0.717, 1.165) is 0 Å². The molecular formula is C19H15ClO4S. The monoisotopic (exact) mass is 374 g/mol. The van der Waals surface area contributed by atoms with Gasteiger partial charge in [0.2, 0.25) is 0 Å². The Hall–Kier alpha value is -2.37. The molecule has 0 aliphatic heterocycles. The molecule has 0 amide bonds. The number of ketones is 1. The van der Waals surface area contributed by atoms with E-state index in [0.29, 0.717) is 10.6 Å². The Morgan fingerprint density at radius 3 is 2.24 bits per heavy atom. The molecule has 6 heteroatoms. The van der Waals surface area contributed by atoms with Crippen LogP contribution in [0.3, 0.4) is 0 Å². The van der Waals surface area contributed by atoms with E-state index in [4.69, 9.17) is 16.0 Å². The Bertz CT molecular complexity index is 946. The van der Waals surface area contributed by atoms with Gasteiger partial charge in [-0.3, -0.25) is 4.79 Å². The number of carbonyl (C=O) groups excluding carboxylic acids is 1. The SMILES string of the molecule is O=C(CC(c1ccc(Cl)cc1)S(=O)(=O)c1ccccc1)c1ccco1. The molecule has 0 N–H and O–H groups in total. The number of Topliss-reactive ketones (excluding diaryl/α,β-unsaturated/α-hetero) is 1. The predicted molar refractivity (Wildman–Crippen MR) is 95.5 cm³/mol. The normalized spacial score (nSPS) is 12.7. The first-order valence-electron chi connectivity index (χ1n) is 7.59. The first-order valence-corrected chi connectivity index (χ1v) is 9.52. The first kappa shape index (κ1) is 17.5. The molecule has 1 aromatic heterocycles. The number of benzene rings is 2. The fourth-order valence-electron chi connectivity index (χ4n) is 2.56. The summed E-state index contributed by atoms with van der Waals surface area (Å²) in [7, 11) is -3.76. The van der Waals surface area contributed by atoms with E-state index >= 15 is 0 Å². The molecular weight excluding hydrogens is 360 g/mol. The van der Waals surface area contributed by atoms with Crippen molar-refractivity contribution < 1.29 is 17.6 Å². The molecule has 0 saturated carbocycles. The van der Waals surface area contributed by atoms with Gasteiger partial charge >= 0.3 is 0 Å². The van der Waals surface area contributed by atoms with Crippen molar-refractivity contribution in [2.75, 3.05) is 0 Å². The minimum Gasteiger partial charge on any atom is -0.461 e. The van der Waals surface area contributed by atoms with Crippen molar-refractivity contribution in [1.29, 1.82) is 0 Å². The molecule has 1 heterocycles. The van der Waals surface area contributed by atoms with Gasteiger partial charge in [-0.2, -0.15) is 0 Å². The lowest BCUT2D eigenvalue weighted by atomic mass is 10.1. The maximum Gasteiger partial charge on any atom is 0.199 e. The number of halogens is 1. The van der Waals surface area contributed by atoms with Gasteiger partial charge in [0.15, 0.2) is 21.4 Å². The third kappa shape index (κ3) is 3.83. The fraction of sp³-hybridized carbons (Fsp3) is 0.105. The zero-order valence-corrected chi connectivity index (χ0v) is 14.7. The summed E-state index contributed by atoms with van der Waals surface area (Å²) >= 11 is 5.90. The maximum atomic E-state index is 13.1. The van der Waals surface area contributed by atoms with E-state index in [9.17, 15) is 13.2 Å². The molecule has 0 aliphatic rings. The van der Waals surface area contributed by atoms with E-state index in [1.165, 1.54) is 24.5 Å². The number of furan rings is 1. The van der Waals surface area contributed by atoms with Gasteiger partial charge in [0, 0.05) is 11.4 Å². The largest absolute Gasteiger partial charge is 0.461 e. The summed E-state index contributed by atoms with van der Waals surface area (Å²) in [6, 6.07) is 17.7. The van der Waals surface area contributed by atoms with Gasteiger partial charge in [0.25, 0.3) is 0 Å². The van der Waals surface area contributed by atoms with Crippen molar-refractivity contribution in [3.8, 4) is 0 Å². The van der Waals surface area contributed by atoms with Crippen LogP contribution in [0.5, 0.6) is 0 Å². The van der Waals surface area contributed by atoms with Crippen LogP contribution in [-0.2, 0) is 9.84 Å². The van der Waals surface area contributed by atoms with E-state index in [2.05, 4.69) is 0 Å². The topological polar surface area (TPSA) is 64.3 Å². The van der Waals surface area contributed by atoms with E-state index in [1.54, 1.807) is 48.5 Å². The molecule has 0 spiro atoms. The highest BCUT2D eigenvalue weighted by molar-refractivity contribution is 7.91. The first-order chi connectivity index (χ1) is 12.0. The van der Waals surface area contributed by atoms with Gasteiger partial charge in [-0.1, -0.05) is 41.9 Å². The van der Waals surface area contributed by atoms with Gasteiger partial charge in [-0.25, -0.2) is 8.42 Å². The number of rotatable bonds is 6. The average molecular weight is 375 g/mol. The predicted octanol–water partition coefficient (Wildman–Crippen LogP) is 4.72. The van der Waals surface area contributed by atoms with Crippen molar-refractivity contribution in [2.45, 2.75) is 16.6 Å². The van der Waals surface area contributed by atoms with Gasteiger partial charge in [-0.05, 0) is 42.0 Å². The van der Waals surface area contributed by atoms with Crippen molar-refractivity contribution in [2.24, 2.45) is 0 Å². The number of hydrogen-bond donors (Lipinski definition) is 0. The second-order valence-corrected chi connectivity index (χ2v) is 8.07. The zero-order chi connectivity index (χ0) is 17.9. The Morgan fingerprint density at radius 1 is 0.960 bits per heavy atom. The van der Waals surface area contributed by atoms with Gasteiger partial charge in [0.1, 0.15) is 0 Å². The quantitative estimate of drug-likeness (QED) is 0.585. The van der Waals surface area contributed by atoms with E-state index in [1.807, 2.05) is 0 Å².